The molecule has 0 aliphatic heterocycles. The molecule has 0 aromatic carbocycles. The number of esters is 3. The Kier molecular flexibility index (Phi) is 55.7. The first-order valence-electron chi connectivity index (χ1n) is 30.1. The van der Waals surface area contributed by atoms with Gasteiger partial charge in [-0.1, -0.05) is 288 Å². The van der Waals surface area contributed by atoms with Crippen molar-refractivity contribution in [1.82, 2.24) is 0 Å². The maximum absolute atomic E-state index is 12.7. The molecule has 0 heterocycles. The van der Waals surface area contributed by atoms with E-state index in [1.54, 1.807) is 0 Å². The van der Waals surface area contributed by atoms with Crippen LogP contribution in [0.15, 0.2) is 48.6 Å². The zero-order valence-electron chi connectivity index (χ0n) is 46.1. The molecule has 0 radical (unpaired) electrons. The number of allylic oxidation sites excluding steroid dienone is 8. The minimum Gasteiger partial charge on any atom is -0.462 e. The number of carbonyl (C=O) groups excluding carboxylic acids is 3. The van der Waals surface area contributed by atoms with Crippen LogP contribution in [0.4, 0.5) is 0 Å². The number of hydrogen-bond donors (Lipinski definition) is 0. The van der Waals surface area contributed by atoms with E-state index < -0.39 is 6.10 Å². The SMILES string of the molecule is CC/C=C\C/C=C\C/C=C\C/C=C\CCCCCCCCCCCCCCCCCCCCCCCCC(=O)OCC(COC(=O)CCCCCCCC)OC(=O)CCCCCCCCCCCC. The predicted octanol–water partition coefficient (Wildman–Crippen LogP) is 20.2. The lowest BCUT2D eigenvalue weighted by atomic mass is 10.0. The Morgan fingerprint density at radius 1 is 0.304 bits per heavy atom. The van der Waals surface area contributed by atoms with Gasteiger partial charge in [-0.3, -0.25) is 14.4 Å². The Morgan fingerprint density at radius 2 is 0.565 bits per heavy atom. The van der Waals surface area contributed by atoms with Gasteiger partial charge in [0.1, 0.15) is 13.2 Å². The molecular formula is C63H114O6. The third-order valence-electron chi connectivity index (χ3n) is 13.3. The molecule has 402 valence electrons. The maximum atomic E-state index is 12.7. The summed E-state index contributed by atoms with van der Waals surface area (Å²) in [6.07, 6.45) is 71.8. The number of rotatable bonds is 55. The summed E-state index contributed by atoms with van der Waals surface area (Å²) < 4.78 is 16.7. The Hall–Kier alpha value is -2.63. The number of unbranched alkanes of at least 4 members (excludes halogenated alkanes) is 36. The molecule has 1 atom stereocenters. The van der Waals surface area contributed by atoms with E-state index in [2.05, 4.69) is 69.4 Å². The lowest BCUT2D eigenvalue weighted by Gasteiger charge is -2.18. The molecule has 0 aliphatic carbocycles. The number of hydrogen-bond acceptors (Lipinski definition) is 6. The topological polar surface area (TPSA) is 78.9 Å². The highest BCUT2D eigenvalue weighted by atomic mass is 16.6. The minimum atomic E-state index is -0.762. The fraction of sp³-hybridized carbons (Fsp3) is 0.825. The second kappa shape index (κ2) is 57.9. The van der Waals surface area contributed by atoms with Crippen LogP contribution in [0, 0.1) is 0 Å². The van der Waals surface area contributed by atoms with Crippen LogP contribution in [0.2, 0.25) is 0 Å². The van der Waals surface area contributed by atoms with Crippen molar-refractivity contribution in [3.05, 3.63) is 48.6 Å². The summed E-state index contributed by atoms with van der Waals surface area (Å²) in [5.41, 5.74) is 0. The van der Waals surface area contributed by atoms with Crippen molar-refractivity contribution in [2.24, 2.45) is 0 Å². The molecule has 6 heteroatoms. The summed E-state index contributed by atoms with van der Waals surface area (Å²) in [6, 6.07) is 0. The average molecular weight is 968 g/mol. The molecule has 0 aromatic rings. The lowest BCUT2D eigenvalue weighted by Crippen LogP contribution is -2.30. The third kappa shape index (κ3) is 56.2. The van der Waals surface area contributed by atoms with Crippen LogP contribution in [0.5, 0.6) is 0 Å². The van der Waals surface area contributed by atoms with Gasteiger partial charge in [-0.2, -0.15) is 0 Å². The first-order valence-corrected chi connectivity index (χ1v) is 30.1. The third-order valence-corrected chi connectivity index (χ3v) is 13.3. The van der Waals surface area contributed by atoms with E-state index in [-0.39, 0.29) is 31.1 Å². The molecule has 0 saturated heterocycles. The molecular weight excluding hydrogens is 853 g/mol. The maximum Gasteiger partial charge on any atom is 0.306 e. The van der Waals surface area contributed by atoms with E-state index >= 15 is 0 Å². The summed E-state index contributed by atoms with van der Waals surface area (Å²) >= 11 is 0. The van der Waals surface area contributed by atoms with Crippen molar-refractivity contribution >= 4 is 17.9 Å². The smallest absolute Gasteiger partial charge is 0.306 e. The van der Waals surface area contributed by atoms with E-state index in [1.165, 1.54) is 193 Å². The molecule has 0 fully saturated rings. The summed E-state index contributed by atoms with van der Waals surface area (Å²) in [4.78, 5) is 37.7. The molecule has 0 bridgehead atoms. The van der Waals surface area contributed by atoms with Crippen LogP contribution >= 0.6 is 0 Å². The van der Waals surface area contributed by atoms with Crippen LogP contribution in [-0.2, 0) is 28.6 Å². The second-order valence-corrected chi connectivity index (χ2v) is 20.2. The van der Waals surface area contributed by atoms with Gasteiger partial charge in [0.2, 0.25) is 0 Å². The molecule has 0 aliphatic rings. The standard InChI is InChI=1S/C63H114O6/c1-4-7-10-13-16-18-20-21-22-23-24-25-26-27-28-29-30-31-32-33-34-35-36-37-38-39-40-41-42-43-44-46-47-50-53-56-62(65)68-59-60(58-67-61(64)55-52-49-15-12-9-6-3)69-63(66)57-54-51-48-45-19-17-14-11-8-5-2/h7,10,16,18,21-22,24-25,60H,4-6,8-9,11-15,17,19-20,23,26-59H2,1-3H3/b10-7-,18-16-,22-21-,25-24-. The van der Waals surface area contributed by atoms with Crippen LogP contribution in [-0.4, -0.2) is 37.2 Å². The molecule has 69 heavy (non-hydrogen) atoms. The van der Waals surface area contributed by atoms with Crippen LogP contribution < -0.4 is 0 Å². The highest BCUT2D eigenvalue weighted by Crippen LogP contribution is 2.17. The second-order valence-electron chi connectivity index (χ2n) is 20.2. The molecule has 0 saturated carbocycles. The van der Waals surface area contributed by atoms with E-state index in [0.717, 1.165) is 83.5 Å². The van der Waals surface area contributed by atoms with Gasteiger partial charge in [-0.25, -0.2) is 0 Å². The molecule has 0 amide bonds. The van der Waals surface area contributed by atoms with Crippen LogP contribution in [0.1, 0.15) is 316 Å². The van der Waals surface area contributed by atoms with Crippen LogP contribution in [0.3, 0.4) is 0 Å². The lowest BCUT2D eigenvalue weighted by molar-refractivity contribution is -0.167. The summed E-state index contributed by atoms with van der Waals surface area (Å²) in [5.74, 6) is -0.863. The normalized spacial score (nSPS) is 12.3. The molecule has 0 aromatic heterocycles. The van der Waals surface area contributed by atoms with E-state index in [0.29, 0.717) is 19.3 Å². The summed E-state index contributed by atoms with van der Waals surface area (Å²) in [5, 5.41) is 0. The Morgan fingerprint density at radius 3 is 0.884 bits per heavy atom. The zero-order valence-corrected chi connectivity index (χ0v) is 46.1. The molecule has 0 spiro atoms. The first kappa shape index (κ1) is 66.4. The Labute approximate surface area is 428 Å². The summed E-state index contributed by atoms with van der Waals surface area (Å²) in [7, 11) is 0. The highest BCUT2D eigenvalue weighted by molar-refractivity contribution is 5.71. The highest BCUT2D eigenvalue weighted by Gasteiger charge is 2.19. The minimum absolute atomic E-state index is 0.0667. The van der Waals surface area contributed by atoms with Gasteiger partial charge >= 0.3 is 17.9 Å². The first-order chi connectivity index (χ1) is 34.0. The zero-order chi connectivity index (χ0) is 50.0. The van der Waals surface area contributed by atoms with Crippen molar-refractivity contribution < 1.29 is 28.6 Å². The molecule has 6 nitrogen and oxygen atoms in total. The quantitative estimate of drug-likeness (QED) is 0.0262. The van der Waals surface area contributed by atoms with Crippen molar-refractivity contribution in [3.8, 4) is 0 Å². The largest absolute Gasteiger partial charge is 0.462 e. The van der Waals surface area contributed by atoms with Gasteiger partial charge in [0.05, 0.1) is 0 Å². The van der Waals surface area contributed by atoms with Gasteiger partial charge in [-0.15, -0.1) is 0 Å². The van der Waals surface area contributed by atoms with Crippen molar-refractivity contribution in [2.45, 2.75) is 322 Å². The van der Waals surface area contributed by atoms with Crippen molar-refractivity contribution in [3.63, 3.8) is 0 Å². The van der Waals surface area contributed by atoms with Gasteiger partial charge in [0.25, 0.3) is 0 Å². The van der Waals surface area contributed by atoms with E-state index in [4.69, 9.17) is 14.2 Å². The predicted molar refractivity (Wildman–Crippen MR) is 298 cm³/mol. The van der Waals surface area contributed by atoms with E-state index in [1.807, 2.05) is 0 Å². The fourth-order valence-electron chi connectivity index (χ4n) is 8.85. The molecule has 0 rings (SSSR count). The van der Waals surface area contributed by atoms with Gasteiger partial charge in [0, 0.05) is 19.3 Å². The average Bonchev–Trinajstić information content (AvgIpc) is 3.35. The van der Waals surface area contributed by atoms with Crippen LogP contribution in [0.25, 0.3) is 0 Å². The monoisotopic (exact) mass is 967 g/mol. The van der Waals surface area contributed by atoms with Gasteiger partial charge in [0.15, 0.2) is 6.10 Å². The molecule has 1 unspecified atom stereocenters. The van der Waals surface area contributed by atoms with E-state index in [9.17, 15) is 14.4 Å². The molecule has 0 N–H and O–H groups in total. The van der Waals surface area contributed by atoms with Gasteiger partial charge in [-0.05, 0) is 57.8 Å². The van der Waals surface area contributed by atoms with Gasteiger partial charge < -0.3 is 14.2 Å². The Bertz CT molecular complexity index is 1200. The fourth-order valence-corrected chi connectivity index (χ4v) is 8.85. The number of ether oxygens (including phenoxy) is 3. The Balaban J connectivity index is 3.82. The van der Waals surface area contributed by atoms with Crippen molar-refractivity contribution in [2.75, 3.05) is 13.2 Å². The van der Waals surface area contributed by atoms with Crippen molar-refractivity contribution in [1.29, 1.82) is 0 Å². The number of carbonyl (C=O) groups is 3. The summed E-state index contributed by atoms with van der Waals surface area (Å²) in [6.45, 7) is 6.48.